The van der Waals surface area contributed by atoms with Crippen molar-refractivity contribution in [3.8, 4) is 11.3 Å². The number of halogens is 2. The van der Waals surface area contributed by atoms with E-state index in [4.69, 9.17) is 0 Å². The molecule has 1 aliphatic rings. The molecule has 0 saturated carbocycles. The Labute approximate surface area is 167 Å². The largest absolute Gasteiger partial charge is 0.354 e. The van der Waals surface area contributed by atoms with Gasteiger partial charge in [-0.2, -0.15) is 0 Å². The minimum absolute atomic E-state index is 0.0859. The average Bonchev–Trinajstić information content (AvgIpc) is 2.76. The normalized spacial score (nSPS) is 16.5. The molecule has 0 bridgehead atoms. The maximum Gasteiger partial charge on any atom is 0.229 e. The van der Waals surface area contributed by atoms with Crippen molar-refractivity contribution in [1.82, 2.24) is 10.2 Å². The summed E-state index contributed by atoms with van der Waals surface area (Å²) in [6, 6.07) is 15.6. The molecule has 7 heteroatoms. The molecule has 1 atom stereocenters. The smallest absolute Gasteiger partial charge is 0.229 e. The summed E-state index contributed by atoms with van der Waals surface area (Å²) in [6.07, 6.45) is 1.65. The van der Waals surface area contributed by atoms with Gasteiger partial charge in [0, 0.05) is 24.3 Å². The Morgan fingerprint density at radius 1 is 0.931 bits per heavy atom. The molecular weight excluding hydrogens is 374 g/mol. The number of amides is 1. The summed E-state index contributed by atoms with van der Waals surface area (Å²) in [5.74, 6) is -0.203. The monoisotopic (exact) mass is 394 g/mol. The van der Waals surface area contributed by atoms with Gasteiger partial charge in [-0.25, -0.2) is 8.78 Å². The van der Waals surface area contributed by atoms with Crippen LogP contribution in [0.2, 0.25) is 0 Å². The van der Waals surface area contributed by atoms with Crippen molar-refractivity contribution in [2.75, 3.05) is 23.3 Å². The van der Waals surface area contributed by atoms with Gasteiger partial charge in [-0.3, -0.25) is 4.79 Å². The topological polar surface area (TPSA) is 58.1 Å². The second-order valence-electron chi connectivity index (χ2n) is 7.06. The van der Waals surface area contributed by atoms with E-state index in [0.717, 1.165) is 24.9 Å². The number of aromatic nitrogens is 2. The lowest BCUT2D eigenvalue weighted by molar-refractivity contribution is -0.120. The third-order valence-electron chi connectivity index (χ3n) is 5.02. The molecule has 4 rings (SSSR count). The molecule has 148 valence electrons. The maximum absolute atomic E-state index is 13.1. The van der Waals surface area contributed by atoms with Gasteiger partial charge in [0.2, 0.25) is 5.91 Å². The van der Waals surface area contributed by atoms with Crippen LogP contribution in [0.1, 0.15) is 12.8 Å². The first kappa shape index (κ1) is 19.0. The molecule has 1 aromatic heterocycles. The minimum Gasteiger partial charge on any atom is -0.354 e. The molecule has 2 aromatic carbocycles. The van der Waals surface area contributed by atoms with Crippen molar-refractivity contribution in [2.24, 2.45) is 5.92 Å². The van der Waals surface area contributed by atoms with E-state index in [-0.39, 0.29) is 23.5 Å². The van der Waals surface area contributed by atoms with Crippen LogP contribution >= 0.6 is 0 Å². The highest BCUT2D eigenvalue weighted by Gasteiger charge is 2.26. The van der Waals surface area contributed by atoms with Crippen molar-refractivity contribution in [3.05, 3.63) is 72.3 Å². The third-order valence-corrected chi connectivity index (χ3v) is 5.02. The van der Waals surface area contributed by atoms with Gasteiger partial charge >= 0.3 is 0 Å². The van der Waals surface area contributed by atoms with Gasteiger partial charge in [-0.05, 0) is 73.5 Å². The zero-order chi connectivity index (χ0) is 20.2. The Hall–Kier alpha value is -3.35. The number of hydrogen-bond acceptors (Lipinski definition) is 4. The van der Waals surface area contributed by atoms with E-state index in [2.05, 4.69) is 15.5 Å². The fraction of sp³-hybridized carbons (Fsp3) is 0.227. The molecule has 1 aliphatic heterocycles. The van der Waals surface area contributed by atoms with Crippen LogP contribution in [0.4, 0.5) is 20.3 Å². The molecule has 1 saturated heterocycles. The number of anilines is 2. The van der Waals surface area contributed by atoms with Gasteiger partial charge in [0.25, 0.3) is 0 Å². The van der Waals surface area contributed by atoms with Gasteiger partial charge in [0.05, 0.1) is 11.6 Å². The van der Waals surface area contributed by atoms with Crippen molar-refractivity contribution >= 4 is 17.4 Å². The summed E-state index contributed by atoms with van der Waals surface area (Å²) in [5.41, 5.74) is 2.04. The SMILES string of the molecule is O=C(Nc1ccc(F)cc1)C1CCCN(c2ccc(-c3ccc(F)cc3)nn2)C1. The number of nitrogens with zero attached hydrogens (tertiary/aromatic N) is 3. The zero-order valence-electron chi connectivity index (χ0n) is 15.7. The second kappa shape index (κ2) is 8.34. The Kier molecular flexibility index (Phi) is 5.46. The molecular formula is C22H20F2N4O. The predicted molar refractivity (Wildman–Crippen MR) is 107 cm³/mol. The van der Waals surface area contributed by atoms with E-state index >= 15 is 0 Å². The molecule has 2 heterocycles. The lowest BCUT2D eigenvalue weighted by Gasteiger charge is -2.32. The summed E-state index contributed by atoms with van der Waals surface area (Å²) < 4.78 is 26.1. The van der Waals surface area contributed by atoms with Gasteiger partial charge in [-0.1, -0.05) is 0 Å². The standard InChI is InChI=1S/C22H20F2N4O/c23-17-5-3-15(4-6-17)20-11-12-21(27-26-20)28-13-1-2-16(14-28)22(29)25-19-9-7-18(24)8-10-19/h3-12,16H,1-2,13-14H2,(H,25,29). The van der Waals surface area contributed by atoms with Crippen LogP contribution in [0.5, 0.6) is 0 Å². The summed E-state index contributed by atoms with van der Waals surface area (Å²) in [5, 5.41) is 11.4. The Morgan fingerprint density at radius 3 is 2.28 bits per heavy atom. The number of piperidine rings is 1. The van der Waals surface area contributed by atoms with Gasteiger partial charge in [0.15, 0.2) is 5.82 Å². The summed E-state index contributed by atoms with van der Waals surface area (Å²) >= 11 is 0. The number of hydrogen-bond donors (Lipinski definition) is 1. The average molecular weight is 394 g/mol. The van der Waals surface area contributed by atoms with Crippen molar-refractivity contribution < 1.29 is 13.6 Å². The molecule has 0 spiro atoms. The number of carbonyl (C=O) groups is 1. The summed E-state index contributed by atoms with van der Waals surface area (Å²) in [6.45, 7) is 1.34. The number of carbonyl (C=O) groups excluding carboxylic acids is 1. The minimum atomic E-state index is -0.338. The molecule has 0 radical (unpaired) electrons. The van der Waals surface area contributed by atoms with E-state index in [1.54, 1.807) is 24.3 Å². The Balaban J connectivity index is 1.41. The molecule has 1 fully saturated rings. The van der Waals surface area contributed by atoms with Crippen LogP contribution in [0, 0.1) is 17.6 Å². The van der Waals surface area contributed by atoms with Crippen molar-refractivity contribution in [2.45, 2.75) is 12.8 Å². The highest BCUT2D eigenvalue weighted by molar-refractivity contribution is 5.93. The van der Waals surface area contributed by atoms with E-state index in [9.17, 15) is 13.6 Å². The van der Waals surface area contributed by atoms with Crippen LogP contribution in [0.3, 0.4) is 0 Å². The van der Waals surface area contributed by atoms with Crippen molar-refractivity contribution in [3.63, 3.8) is 0 Å². The van der Waals surface area contributed by atoms with E-state index < -0.39 is 0 Å². The first-order valence-corrected chi connectivity index (χ1v) is 9.49. The van der Waals surface area contributed by atoms with Crippen LogP contribution in [0.15, 0.2) is 60.7 Å². The quantitative estimate of drug-likeness (QED) is 0.718. The van der Waals surface area contributed by atoms with E-state index in [1.807, 2.05) is 17.0 Å². The molecule has 0 aliphatic carbocycles. The van der Waals surface area contributed by atoms with Crippen LogP contribution in [0.25, 0.3) is 11.3 Å². The van der Waals surface area contributed by atoms with Crippen LogP contribution in [-0.4, -0.2) is 29.2 Å². The fourth-order valence-corrected chi connectivity index (χ4v) is 3.45. The predicted octanol–water partition coefficient (Wildman–Crippen LogP) is 4.28. The number of benzene rings is 2. The molecule has 5 nitrogen and oxygen atoms in total. The number of nitrogens with one attached hydrogen (secondary N) is 1. The lowest BCUT2D eigenvalue weighted by Crippen LogP contribution is -2.41. The molecule has 1 N–H and O–H groups in total. The van der Waals surface area contributed by atoms with Crippen LogP contribution < -0.4 is 10.2 Å². The zero-order valence-corrected chi connectivity index (χ0v) is 15.7. The highest BCUT2D eigenvalue weighted by Crippen LogP contribution is 2.24. The summed E-state index contributed by atoms with van der Waals surface area (Å²) in [7, 11) is 0. The second-order valence-corrected chi connectivity index (χ2v) is 7.06. The molecule has 3 aromatic rings. The maximum atomic E-state index is 13.1. The lowest BCUT2D eigenvalue weighted by atomic mass is 9.97. The van der Waals surface area contributed by atoms with Gasteiger partial charge in [0.1, 0.15) is 11.6 Å². The molecule has 1 unspecified atom stereocenters. The Bertz CT molecular complexity index is 975. The first-order chi connectivity index (χ1) is 14.1. The van der Waals surface area contributed by atoms with Gasteiger partial charge in [-0.15, -0.1) is 10.2 Å². The highest BCUT2D eigenvalue weighted by atomic mass is 19.1. The molecule has 29 heavy (non-hydrogen) atoms. The van der Waals surface area contributed by atoms with E-state index in [1.165, 1.54) is 24.3 Å². The third kappa shape index (κ3) is 4.56. The Morgan fingerprint density at radius 2 is 1.62 bits per heavy atom. The summed E-state index contributed by atoms with van der Waals surface area (Å²) in [4.78, 5) is 14.6. The number of rotatable bonds is 4. The van der Waals surface area contributed by atoms with Crippen LogP contribution in [-0.2, 0) is 4.79 Å². The first-order valence-electron chi connectivity index (χ1n) is 9.49. The van der Waals surface area contributed by atoms with Crippen molar-refractivity contribution in [1.29, 1.82) is 0 Å². The molecule has 1 amide bonds. The fourth-order valence-electron chi connectivity index (χ4n) is 3.45. The van der Waals surface area contributed by atoms with Gasteiger partial charge < -0.3 is 10.2 Å². The van der Waals surface area contributed by atoms with E-state index in [0.29, 0.717) is 23.7 Å².